The van der Waals surface area contributed by atoms with E-state index in [-0.39, 0.29) is 35.0 Å². The summed E-state index contributed by atoms with van der Waals surface area (Å²) in [6, 6.07) is 2.44. The van der Waals surface area contributed by atoms with Gasteiger partial charge in [0.05, 0.1) is 24.7 Å². The Kier molecular flexibility index (Phi) is 8.85. The monoisotopic (exact) mass is 534 g/mol. The summed E-state index contributed by atoms with van der Waals surface area (Å²) >= 11 is 1.59. The first-order valence-corrected chi connectivity index (χ1v) is 12.9. The molecule has 3 atom stereocenters. The molecule has 1 aromatic carbocycles. The number of thioether (sulfide) groups is 1. The van der Waals surface area contributed by atoms with Crippen LogP contribution >= 0.6 is 11.8 Å². The van der Waals surface area contributed by atoms with Gasteiger partial charge in [-0.1, -0.05) is 13.8 Å². The van der Waals surface area contributed by atoms with E-state index >= 15 is 0 Å². The fourth-order valence-corrected chi connectivity index (χ4v) is 5.26. The van der Waals surface area contributed by atoms with Crippen molar-refractivity contribution < 1.29 is 38.6 Å². The minimum absolute atomic E-state index is 0.0776. The average molecular weight is 535 g/mol. The highest BCUT2D eigenvalue weighted by atomic mass is 32.2. The van der Waals surface area contributed by atoms with Crippen molar-refractivity contribution in [3.05, 3.63) is 50.4 Å². The zero-order chi connectivity index (χ0) is 27.4. The molecule has 0 spiro atoms. The first-order valence-electron chi connectivity index (χ1n) is 11.7. The maximum atomic E-state index is 13.8. The van der Waals surface area contributed by atoms with Gasteiger partial charge in [0.15, 0.2) is 11.5 Å². The van der Waals surface area contributed by atoms with Crippen molar-refractivity contribution in [1.29, 1.82) is 0 Å². The molecule has 1 aliphatic carbocycles. The van der Waals surface area contributed by atoms with Crippen molar-refractivity contribution in [3.8, 4) is 11.5 Å². The van der Waals surface area contributed by atoms with Gasteiger partial charge in [0, 0.05) is 34.7 Å². The van der Waals surface area contributed by atoms with E-state index in [4.69, 9.17) is 14.2 Å². The van der Waals surface area contributed by atoms with Gasteiger partial charge in [0.1, 0.15) is 12.5 Å². The van der Waals surface area contributed by atoms with E-state index in [9.17, 15) is 29.6 Å². The number of ether oxygens (including phenoxy) is 3. The molecule has 37 heavy (non-hydrogen) atoms. The number of nitro groups is 1. The van der Waals surface area contributed by atoms with Crippen LogP contribution in [0.4, 0.5) is 5.69 Å². The highest BCUT2D eigenvalue weighted by molar-refractivity contribution is 7.99. The Bertz CT molecular complexity index is 1190. The number of benzene rings is 1. The molecule has 0 radical (unpaired) electrons. The van der Waals surface area contributed by atoms with Gasteiger partial charge < -0.3 is 24.6 Å². The summed E-state index contributed by atoms with van der Waals surface area (Å²) in [6.07, 6.45) is 0.307. The standard InChI is InChI=1S/C25H30N2O9S/c1-6-37-8-7-36-25(31)19-13(3)26-15-9-12(2)18(24(30)35-5)23(29)21(15)20(19)14-10-16(27(32)33)22(28)17(11-14)34-4/h10-12,18,20,26,28H,6-9H2,1-5H3/t12-,18+,20+/m0/s1. The molecule has 0 saturated carbocycles. The van der Waals surface area contributed by atoms with Crippen molar-refractivity contribution in [2.45, 2.75) is 33.1 Å². The molecule has 2 aliphatic rings. The van der Waals surface area contributed by atoms with Crippen LogP contribution in [0.15, 0.2) is 34.7 Å². The summed E-state index contributed by atoms with van der Waals surface area (Å²) in [6.45, 7) is 5.51. The number of aromatic hydroxyl groups is 1. The summed E-state index contributed by atoms with van der Waals surface area (Å²) in [7, 11) is 2.43. The minimum atomic E-state index is -1.11. The van der Waals surface area contributed by atoms with Crippen molar-refractivity contribution in [3.63, 3.8) is 0 Å². The van der Waals surface area contributed by atoms with Crippen LogP contribution in [0.1, 0.15) is 38.7 Å². The second-order valence-corrected chi connectivity index (χ2v) is 10.1. The summed E-state index contributed by atoms with van der Waals surface area (Å²) in [5, 5.41) is 25.2. The van der Waals surface area contributed by atoms with E-state index in [0.717, 1.165) is 11.8 Å². The first kappa shape index (κ1) is 28.0. The van der Waals surface area contributed by atoms with Gasteiger partial charge in [0.25, 0.3) is 0 Å². The van der Waals surface area contributed by atoms with Crippen LogP contribution in [-0.2, 0) is 23.9 Å². The Morgan fingerprint density at radius 2 is 2.00 bits per heavy atom. The zero-order valence-corrected chi connectivity index (χ0v) is 22.1. The molecule has 11 nitrogen and oxygen atoms in total. The SMILES string of the molecule is CCSCCOC(=O)C1=C(C)NC2=C(C(=O)[C@H](C(=O)OC)[C@@H](C)C2)[C@@H]1c1cc(OC)c(O)c([N+](=O)[O-])c1. The molecule has 200 valence electrons. The molecule has 0 unspecified atom stereocenters. The number of hydrogen-bond acceptors (Lipinski definition) is 11. The molecule has 1 heterocycles. The number of nitrogens with one attached hydrogen (secondary N) is 1. The largest absolute Gasteiger partial charge is 0.500 e. The predicted molar refractivity (Wildman–Crippen MR) is 135 cm³/mol. The quantitative estimate of drug-likeness (QED) is 0.158. The van der Waals surface area contributed by atoms with Gasteiger partial charge in [-0.05, 0) is 36.6 Å². The molecular weight excluding hydrogens is 504 g/mol. The van der Waals surface area contributed by atoms with Crippen LogP contribution in [0.3, 0.4) is 0 Å². The molecule has 2 N–H and O–H groups in total. The second-order valence-electron chi connectivity index (χ2n) is 8.72. The summed E-state index contributed by atoms with van der Waals surface area (Å²) < 4.78 is 15.5. The molecule has 0 bridgehead atoms. The lowest BCUT2D eigenvalue weighted by Gasteiger charge is -2.38. The van der Waals surface area contributed by atoms with E-state index < -0.39 is 45.9 Å². The molecule has 12 heteroatoms. The summed E-state index contributed by atoms with van der Waals surface area (Å²) in [4.78, 5) is 50.6. The number of carbonyl (C=O) groups excluding carboxylic acids is 3. The Balaban J connectivity index is 2.22. The number of methoxy groups -OCH3 is 2. The van der Waals surface area contributed by atoms with Crippen molar-refractivity contribution >= 4 is 35.2 Å². The Morgan fingerprint density at radius 3 is 2.59 bits per heavy atom. The van der Waals surface area contributed by atoms with Crippen molar-refractivity contribution in [2.24, 2.45) is 11.8 Å². The molecule has 1 aliphatic heterocycles. The maximum Gasteiger partial charge on any atom is 0.336 e. The first-order chi connectivity index (χ1) is 17.6. The molecule has 0 aromatic heterocycles. The number of phenols is 1. The lowest BCUT2D eigenvalue weighted by atomic mass is 9.69. The fraction of sp³-hybridized carbons (Fsp3) is 0.480. The van der Waals surface area contributed by atoms with Crippen molar-refractivity contribution in [1.82, 2.24) is 5.32 Å². The van der Waals surface area contributed by atoms with E-state index in [1.54, 1.807) is 25.6 Å². The fourth-order valence-electron chi connectivity index (χ4n) is 4.78. The highest BCUT2D eigenvalue weighted by Crippen LogP contribution is 2.48. The lowest BCUT2D eigenvalue weighted by Crippen LogP contribution is -2.43. The van der Waals surface area contributed by atoms with Gasteiger partial charge in [0.2, 0.25) is 5.75 Å². The van der Waals surface area contributed by atoms with Crippen LogP contribution in [0.2, 0.25) is 0 Å². The van der Waals surface area contributed by atoms with Gasteiger partial charge in [-0.25, -0.2) is 4.79 Å². The van der Waals surface area contributed by atoms with E-state index in [2.05, 4.69) is 5.32 Å². The third-order valence-electron chi connectivity index (χ3n) is 6.46. The highest BCUT2D eigenvalue weighted by Gasteiger charge is 2.47. The number of nitrogens with zero attached hydrogens (tertiary/aromatic N) is 1. The van der Waals surface area contributed by atoms with Crippen LogP contribution < -0.4 is 10.1 Å². The molecule has 3 rings (SSSR count). The lowest BCUT2D eigenvalue weighted by molar-refractivity contribution is -0.386. The minimum Gasteiger partial charge on any atom is -0.500 e. The van der Waals surface area contributed by atoms with Gasteiger partial charge in [-0.15, -0.1) is 0 Å². The number of rotatable bonds is 9. The molecule has 0 amide bonds. The predicted octanol–water partition coefficient (Wildman–Crippen LogP) is 3.22. The summed E-state index contributed by atoms with van der Waals surface area (Å²) in [5.74, 6) is -4.03. The van der Waals surface area contributed by atoms with Gasteiger partial charge >= 0.3 is 17.6 Å². The van der Waals surface area contributed by atoms with Crippen molar-refractivity contribution in [2.75, 3.05) is 32.3 Å². The number of dihydropyridines is 1. The number of esters is 2. The molecule has 0 fully saturated rings. The number of hydrogen-bond donors (Lipinski definition) is 2. The van der Waals surface area contributed by atoms with E-state index in [1.165, 1.54) is 20.3 Å². The smallest absolute Gasteiger partial charge is 0.336 e. The number of carbonyl (C=O) groups is 3. The van der Waals surface area contributed by atoms with Crippen LogP contribution in [0, 0.1) is 22.0 Å². The Morgan fingerprint density at radius 1 is 1.30 bits per heavy atom. The Hall–Kier alpha value is -3.54. The number of ketones is 1. The van der Waals surface area contributed by atoms with E-state index in [0.29, 0.717) is 23.6 Å². The maximum absolute atomic E-state index is 13.8. The van der Waals surface area contributed by atoms with Gasteiger partial charge in [-0.2, -0.15) is 11.8 Å². The summed E-state index contributed by atoms with van der Waals surface area (Å²) in [5.41, 5.74) is 0.637. The topological polar surface area (TPSA) is 154 Å². The third kappa shape index (κ3) is 5.43. The van der Waals surface area contributed by atoms with Crippen LogP contribution in [-0.4, -0.2) is 60.1 Å². The molecule has 0 saturated heterocycles. The average Bonchev–Trinajstić information content (AvgIpc) is 2.85. The number of nitro benzene ring substituents is 1. The van der Waals surface area contributed by atoms with Crippen LogP contribution in [0.25, 0.3) is 0 Å². The molecule has 1 aromatic rings. The number of phenolic OH excluding ortho intramolecular Hbond substituents is 1. The van der Waals surface area contributed by atoms with Crippen LogP contribution in [0.5, 0.6) is 11.5 Å². The number of Topliss-reactive ketones (excluding diaryl/α,β-unsaturated/α-hetero) is 1. The molecular formula is C25H30N2O9S. The van der Waals surface area contributed by atoms with Gasteiger partial charge in [-0.3, -0.25) is 19.7 Å². The Labute approximate surface area is 218 Å². The zero-order valence-electron chi connectivity index (χ0n) is 21.3. The second kappa shape index (κ2) is 11.7. The van der Waals surface area contributed by atoms with E-state index in [1.807, 2.05) is 6.92 Å². The third-order valence-corrected chi connectivity index (χ3v) is 7.32. The normalized spacial score (nSPS) is 21.2. The number of allylic oxidation sites excluding steroid dienone is 3.